The fourth-order valence-corrected chi connectivity index (χ4v) is 3.12. The summed E-state index contributed by atoms with van der Waals surface area (Å²) in [5, 5.41) is 2.75. The van der Waals surface area contributed by atoms with Gasteiger partial charge in [0.1, 0.15) is 0 Å². The molecule has 0 aliphatic carbocycles. The zero-order chi connectivity index (χ0) is 17.5. The predicted octanol–water partition coefficient (Wildman–Crippen LogP) is 2.82. The van der Waals surface area contributed by atoms with Gasteiger partial charge in [-0.1, -0.05) is 11.8 Å². The zero-order valence-electron chi connectivity index (χ0n) is 13.3. The molecule has 0 radical (unpaired) electrons. The van der Waals surface area contributed by atoms with Gasteiger partial charge in [0, 0.05) is 10.6 Å². The van der Waals surface area contributed by atoms with Crippen molar-refractivity contribution in [1.29, 1.82) is 0 Å². The number of likely N-dealkylation sites (tertiary alicyclic amines) is 1. The maximum atomic E-state index is 12.3. The lowest BCUT2D eigenvalue weighted by molar-refractivity contribution is -0.147. The van der Waals surface area contributed by atoms with Crippen LogP contribution in [-0.2, 0) is 14.3 Å². The van der Waals surface area contributed by atoms with Crippen molar-refractivity contribution < 1.29 is 23.1 Å². The number of carbonyl (C=O) groups excluding carboxylic acids is 2. The molecule has 1 aromatic rings. The SMILES string of the molecule is COC(=O)C1CCN(CC(=O)Nc2ccc(SC(F)F)cc2)CC1. The fourth-order valence-electron chi connectivity index (χ4n) is 2.62. The number of amides is 1. The van der Waals surface area contributed by atoms with Gasteiger partial charge in [0.15, 0.2) is 0 Å². The summed E-state index contributed by atoms with van der Waals surface area (Å²) in [7, 11) is 1.38. The lowest BCUT2D eigenvalue weighted by atomic mass is 9.97. The Balaban J connectivity index is 1.76. The van der Waals surface area contributed by atoms with Crippen molar-refractivity contribution >= 4 is 29.3 Å². The van der Waals surface area contributed by atoms with Crippen molar-refractivity contribution in [2.75, 3.05) is 32.1 Å². The maximum absolute atomic E-state index is 12.3. The van der Waals surface area contributed by atoms with Crippen LogP contribution in [0.25, 0.3) is 0 Å². The molecule has 1 saturated heterocycles. The number of carbonyl (C=O) groups is 2. The summed E-state index contributed by atoms with van der Waals surface area (Å²) in [4.78, 5) is 25.9. The first-order chi connectivity index (χ1) is 11.5. The van der Waals surface area contributed by atoms with E-state index in [-0.39, 0.29) is 24.3 Å². The number of halogens is 2. The Bertz CT molecular complexity index is 561. The van der Waals surface area contributed by atoms with Gasteiger partial charge in [0.05, 0.1) is 19.6 Å². The third kappa shape index (κ3) is 5.76. The van der Waals surface area contributed by atoms with Gasteiger partial charge < -0.3 is 10.1 Å². The molecule has 24 heavy (non-hydrogen) atoms. The number of alkyl halides is 2. The van der Waals surface area contributed by atoms with Gasteiger partial charge in [-0.15, -0.1) is 0 Å². The molecule has 0 atom stereocenters. The standard InChI is InChI=1S/C16H20F2N2O3S/c1-23-15(22)11-6-8-20(9-7-11)10-14(21)19-12-2-4-13(5-3-12)24-16(17)18/h2-5,11,16H,6-10H2,1H3,(H,19,21). The lowest BCUT2D eigenvalue weighted by Gasteiger charge is -2.29. The molecule has 0 saturated carbocycles. The number of thioether (sulfide) groups is 1. The number of rotatable bonds is 6. The van der Waals surface area contributed by atoms with E-state index in [0.717, 1.165) is 0 Å². The summed E-state index contributed by atoms with van der Waals surface area (Å²) in [6, 6.07) is 6.31. The van der Waals surface area contributed by atoms with Gasteiger partial charge in [-0.05, 0) is 50.2 Å². The minimum atomic E-state index is -2.46. The van der Waals surface area contributed by atoms with Crippen LogP contribution in [0.15, 0.2) is 29.2 Å². The molecule has 1 amide bonds. The summed E-state index contributed by atoms with van der Waals surface area (Å²) in [6.45, 7) is 1.57. The van der Waals surface area contributed by atoms with Crippen molar-refractivity contribution in [3.8, 4) is 0 Å². The highest BCUT2D eigenvalue weighted by Crippen LogP contribution is 2.26. The summed E-state index contributed by atoms with van der Waals surface area (Å²) in [5.41, 5.74) is 0.572. The molecule has 1 aliphatic heterocycles. The monoisotopic (exact) mass is 358 g/mol. The second-order valence-electron chi connectivity index (χ2n) is 5.52. The third-order valence-electron chi connectivity index (χ3n) is 3.85. The van der Waals surface area contributed by atoms with Gasteiger partial charge in [0.2, 0.25) is 5.91 Å². The van der Waals surface area contributed by atoms with Crippen molar-refractivity contribution in [2.45, 2.75) is 23.5 Å². The first-order valence-electron chi connectivity index (χ1n) is 7.63. The molecule has 0 aromatic heterocycles. The van der Waals surface area contributed by atoms with Gasteiger partial charge in [-0.3, -0.25) is 14.5 Å². The average Bonchev–Trinajstić information content (AvgIpc) is 2.56. The number of anilines is 1. The molecule has 1 heterocycles. The van der Waals surface area contributed by atoms with E-state index < -0.39 is 5.76 Å². The van der Waals surface area contributed by atoms with E-state index in [1.165, 1.54) is 7.11 Å². The minimum Gasteiger partial charge on any atom is -0.469 e. The van der Waals surface area contributed by atoms with E-state index in [1.54, 1.807) is 24.3 Å². The van der Waals surface area contributed by atoms with Crippen LogP contribution in [0.3, 0.4) is 0 Å². The smallest absolute Gasteiger partial charge is 0.308 e. The topological polar surface area (TPSA) is 58.6 Å². The molecule has 1 fully saturated rings. The van der Waals surface area contributed by atoms with Crippen LogP contribution in [0, 0.1) is 5.92 Å². The molecule has 2 rings (SSSR count). The van der Waals surface area contributed by atoms with Gasteiger partial charge >= 0.3 is 5.97 Å². The number of hydrogen-bond acceptors (Lipinski definition) is 5. The zero-order valence-corrected chi connectivity index (χ0v) is 14.2. The van der Waals surface area contributed by atoms with Crippen LogP contribution in [-0.4, -0.2) is 49.3 Å². The number of hydrogen-bond donors (Lipinski definition) is 1. The highest BCUT2D eigenvalue weighted by molar-refractivity contribution is 7.99. The molecule has 5 nitrogen and oxygen atoms in total. The number of nitrogens with zero attached hydrogens (tertiary/aromatic N) is 1. The van der Waals surface area contributed by atoms with Gasteiger partial charge in [-0.25, -0.2) is 0 Å². The van der Waals surface area contributed by atoms with E-state index in [0.29, 0.717) is 48.3 Å². The second-order valence-corrected chi connectivity index (χ2v) is 6.59. The van der Waals surface area contributed by atoms with Gasteiger partial charge in [-0.2, -0.15) is 8.78 Å². The number of nitrogens with one attached hydrogen (secondary N) is 1. The van der Waals surface area contributed by atoms with Crippen LogP contribution in [0.5, 0.6) is 0 Å². The lowest BCUT2D eigenvalue weighted by Crippen LogP contribution is -2.41. The molecule has 1 aromatic carbocycles. The van der Waals surface area contributed by atoms with Crippen molar-refractivity contribution in [2.24, 2.45) is 5.92 Å². The van der Waals surface area contributed by atoms with E-state index in [9.17, 15) is 18.4 Å². The molecule has 0 spiro atoms. The number of piperidine rings is 1. The molecule has 1 N–H and O–H groups in total. The Morgan fingerprint density at radius 1 is 1.29 bits per heavy atom. The predicted molar refractivity (Wildman–Crippen MR) is 88.1 cm³/mol. The van der Waals surface area contributed by atoms with Crippen molar-refractivity contribution in [3.63, 3.8) is 0 Å². The Morgan fingerprint density at radius 2 is 1.92 bits per heavy atom. The van der Waals surface area contributed by atoms with Crippen LogP contribution < -0.4 is 5.32 Å². The Hall–Kier alpha value is -1.67. The van der Waals surface area contributed by atoms with E-state index >= 15 is 0 Å². The van der Waals surface area contributed by atoms with Gasteiger partial charge in [0.25, 0.3) is 5.76 Å². The second kappa shape index (κ2) is 8.98. The third-order valence-corrected chi connectivity index (χ3v) is 4.58. The first kappa shape index (κ1) is 18.7. The number of benzene rings is 1. The summed E-state index contributed by atoms with van der Waals surface area (Å²) >= 11 is 0.467. The fraction of sp³-hybridized carbons (Fsp3) is 0.500. The summed E-state index contributed by atoms with van der Waals surface area (Å²) < 4.78 is 29.2. The molecular weight excluding hydrogens is 338 g/mol. The number of esters is 1. The van der Waals surface area contributed by atoms with Crippen molar-refractivity contribution in [1.82, 2.24) is 4.90 Å². The Kier molecular flexibility index (Phi) is 6.99. The van der Waals surface area contributed by atoms with Crippen LogP contribution in [0.1, 0.15) is 12.8 Å². The Morgan fingerprint density at radius 3 is 2.46 bits per heavy atom. The number of ether oxygens (including phenoxy) is 1. The summed E-state index contributed by atoms with van der Waals surface area (Å²) in [5.74, 6) is -2.91. The maximum Gasteiger partial charge on any atom is 0.308 e. The van der Waals surface area contributed by atoms with E-state index in [1.807, 2.05) is 4.90 Å². The van der Waals surface area contributed by atoms with Crippen LogP contribution >= 0.6 is 11.8 Å². The summed E-state index contributed by atoms with van der Waals surface area (Å²) in [6.07, 6.45) is 1.36. The van der Waals surface area contributed by atoms with Crippen molar-refractivity contribution in [3.05, 3.63) is 24.3 Å². The molecule has 0 bridgehead atoms. The molecule has 0 unspecified atom stereocenters. The minimum absolute atomic E-state index is 0.0887. The normalized spacial score (nSPS) is 16.2. The molecule has 1 aliphatic rings. The highest BCUT2D eigenvalue weighted by atomic mass is 32.2. The molecular formula is C16H20F2N2O3S. The quantitative estimate of drug-likeness (QED) is 0.626. The van der Waals surface area contributed by atoms with E-state index in [2.05, 4.69) is 5.32 Å². The number of methoxy groups -OCH3 is 1. The molecule has 8 heteroatoms. The Labute approximate surface area is 143 Å². The first-order valence-corrected chi connectivity index (χ1v) is 8.51. The largest absolute Gasteiger partial charge is 0.469 e. The average molecular weight is 358 g/mol. The highest BCUT2D eigenvalue weighted by Gasteiger charge is 2.26. The van der Waals surface area contributed by atoms with Crippen LogP contribution in [0.2, 0.25) is 0 Å². The van der Waals surface area contributed by atoms with E-state index in [4.69, 9.17) is 4.74 Å². The molecule has 132 valence electrons. The van der Waals surface area contributed by atoms with Crippen LogP contribution in [0.4, 0.5) is 14.5 Å².